The average molecular weight is 451 g/mol. The molecule has 1 aliphatic carbocycles. The number of carbonyl (C=O) groups excluding carboxylic acids is 2. The van der Waals surface area contributed by atoms with Gasteiger partial charge in [-0.25, -0.2) is 15.0 Å². The van der Waals surface area contributed by atoms with Gasteiger partial charge in [-0.3, -0.25) is 9.59 Å². The van der Waals surface area contributed by atoms with Crippen molar-refractivity contribution in [3.05, 3.63) is 47.7 Å². The van der Waals surface area contributed by atoms with E-state index in [0.29, 0.717) is 12.1 Å². The predicted octanol–water partition coefficient (Wildman–Crippen LogP) is 3.30. The summed E-state index contributed by atoms with van der Waals surface area (Å²) in [6.45, 7) is 4.67. The molecule has 0 aromatic carbocycles. The largest absolute Gasteiger partial charge is 0.360 e. The number of hydrogen-bond acceptors (Lipinski definition) is 6. The van der Waals surface area contributed by atoms with Crippen LogP contribution in [0.5, 0.6) is 0 Å². The van der Waals surface area contributed by atoms with Crippen molar-refractivity contribution in [2.24, 2.45) is 5.92 Å². The Morgan fingerprint density at radius 3 is 2.70 bits per heavy atom. The summed E-state index contributed by atoms with van der Waals surface area (Å²) in [5.74, 6) is 1.01. The Bertz CT molecular complexity index is 994. The van der Waals surface area contributed by atoms with Crippen LogP contribution in [0.25, 0.3) is 0 Å². The van der Waals surface area contributed by atoms with Crippen molar-refractivity contribution in [2.75, 3.05) is 18.9 Å². The topological polar surface area (TPSA) is 100 Å². The van der Waals surface area contributed by atoms with Gasteiger partial charge in [0, 0.05) is 49.7 Å². The zero-order chi connectivity index (χ0) is 23.4. The molecule has 0 saturated heterocycles. The molecule has 2 N–H and O–H groups in total. The van der Waals surface area contributed by atoms with Gasteiger partial charge in [0.15, 0.2) is 0 Å². The van der Waals surface area contributed by atoms with Crippen molar-refractivity contribution in [3.63, 3.8) is 0 Å². The number of nitrogens with one attached hydrogen (secondary N) is 2. The predicted molar refractivity (Wildman–Crippen MR) is 127 cm³/mol. The second-order valence-electron chi connectivity index (χ2n) is 9.55. The molecule has 1 aliphatic heterocycles. The minimum atomic E-state index is -0.296. The van der Waals surface area contributed by atoms with Crippen LogP contribution in [0, 0.1) is 5.92 Å². The zero-order valence-corrected chi connectivity index (χ0v) is 19.8. The molecule has 2 aromatic heterocycles. The number of aromatic nitrogens is 3. The molecule has 1 unspecified atom stereocenters. The summed E-state index contributed by atoms with van der Waals surface area (Å²) in [6, 6.07) is 1.93. The molecule has 2 aromatic rings. The number of anilines is 1. The van der Waals surface area contributed by atoms with Crippen LogP contribution in [0.4, 0.5) is 5.82 Å². The fraction of sp³-hybridized carbons (Fsp3) is 0.560. The summed E-state index contributed by atoms with van der Waals surface area (Å²) >= 11 is 0. The van der Waals surface area contributed by atoms with Gasteiger partial charge in [0.1, 0.15) is 12.1 Å². The van der Waals surface area contributed by atoms with Crippen LogP contribution in [-0.4, -0.2) is 51.3 Å². The molecule has 2 atom stereocenters. The van der Waals surface area contributed by atoms with E-state index in [0.717, 1.165) is 61.9 Å². The normalized spacial score (nSPS) is 20.7. The van der Waals surface area contributed by atoms with Crippen LogP contribution >= 0.6 is 0 Å². The Kier molecular flexibility index (Phi) is 6.91. The van der Waals surface area contributed by atoms with Gasteiger partial charge in [-0.2, -0.15) is 0 Å². The van der Waals surface area contributed by atoms with E-state index >= 15 is 0 Å². The number of amides is 2. The van der Waals surface area contributed by atoms with Gasteiger partial charge in [-0.1, -0.05) is 19.8 Å². The smallest absolute Gasteiger partial charge is 0.252 e. The van der Waals surface area contributed by atoms with Crippen molar-refractivity contribution in [1.82, 2.24) is 25.2 Å². The minimum Gasteiger partial charge on any atom is -0.360 e. The molecule has 2 aliphatic rings. The first-order valence-electron chi connectivity index (χ1n) is 12.0. The number of pyridine rings is 1. The maximum Gasteiger partial charge on any atom is 0.252 e. The molecule has 0 radical (unpaired) electrons. The van der Waals surface area contributed by atoms with Gasteiger partial charge >= 0.3 is 0 Å². The van der Waals surface area contributed by atoms with Crippen LogP contribution in [0.15, 0.2) is 31.0 Å². The van der Waals surface area contributed by atoms with Crippen LogP contribution in [0.1, 0.15) is 73.9 Å². The molecule has 1 saturated carbocycles. The van der Waals surface area contributed by atoms with E-state index in [-0.39, 0.29) is 29.3 Å². The molecule has 1 fully saturated rings. The van der Waals surface area contributed by atoms with Crippen LogP contribution in [0.3, 0.4) is 0 Å². The number of rotatable bonds is 8. The molecule has 4 rings (SSSR count). The summed E-state index contributed by atoms with van der Waals surface area (Å²) in [5.41, 5.74) is 2.29. The number of hydrogen-bond donors (Lipinski definition) is 2. The van der Waals surface area contributed by atoms with Gasteiger partial charge in [-0.05, 0) is 50.7 Å². The highest BCUT2D eigenvalue weighted by Crippen LogP contribution is 2.36. The summed E-state index contributed by atoms with van der Waals surface area (Å²) in [7, 11) is 1.87. The lowest BCUT2D eigenvalue weighted by Crippen LogP contribution is -2.47. The number of aryl methyl sites for hydroxylation is 1. The van der Waals surface area contributed by atoms with Crippen molar-refractivity contribution >= 4 is 17.6 Å². The quantitative estimate of drug-likeness (QED) is 0.640. The Morgan fingerprint density at radius 2 is 2.03 bits per heavy atom. The number of nitrogens with zero attached hydrogens (tertiary/aromatic N) is 4. The van der Waals surface area contributed by atoms with Gasteiger partial charge < -0.3 is 15.5 Å². The minimum absolute atomic E-state index is 0.00750. The first kappa shape index (κ1) is 23.1. The summed E-state index contributed by atoms with van der Waals surface area (Å²) in [6.07, 6.45) is 13.4. The van der Waals surface area contributed by atoms with Crippen LogP contribution in [0.2, 0.25) is 0 Å². The van der Waals surface area contributed by atoms with Gasteiger partial charge in [0.25, 0.3) is 5.91 Å². The standard InChI is InChI=1S/C25H34N6O2/c1-4-6-21(31(3)24(33)17-7-5-8-17)15-29-23(32)19-11-18-9-10-25(2,30-22(18)28-12-19)20-13-26-16-27-14-20/h11-14,16-17,21H,4-10,15H2,1-3H3,(H,28,30)(H,29,32)/t21?,25-/m1/s1. The Balaban J connectivity index is 1.39. The fourth-order valence-electron chi connectivity index (χ4n) is 4.65. The third-order valence-electron chi connectivity index (χ3n) is 7.19. The molecule has 33 heavy (non-hydrogen) atoms. The van der Waals surface area contributed by atoms with E-state index in [2.05, 4.69) is 39.4 Å². The monoisotopic (exact) mass is 450 g/mol. The van der Waals surface area contributed by atoms with E-state index in [9.17, 15) is 9.59 Å². The molecule has 2 amide bonds. The third-order valence-corrected chi connectivity index (χ3v) is 7.19. The maximum absolute atomic E-state index is 12.9. The number of carbonyl (C=O) groups is 2. The number of likely N-dealkylation sites (N-methyl/N-ethyl adjacent to an activating group) is 1. The van der Waals surface area contributed by atoms with E-state index in [1.165, 1.54) is 6.33 Å². The molecular formula is C25H34N6O2. The molecule has 8 heteroatoms. The Labute approximate surface area is 195 Å². The van der Waals surface area contributed by atoms with E-state index in [1.807, 2.05) is 30.4 Å². The van der Waals surface area contributed by atoms with Gasteiger partial charge in [-0.15, -0.1) is 0 Å². The Morgan fingerprint density at radius 1 is 1.27 bits per heavy atom. The first-order chi connectivity index (χ1) is 15.9. The summed E-state index contributed by atoms with van der Waals surface area (Å²) in [4.78, 5) is 40.2. The highest BCUT2D eigenvalue weighted by molar-refractivity contribution is 5.94. The summed E-state index contributed by atoms with van der Waals surface area (Å²) in [5, 5.41) is 6.54. The lowest BCUT2D eigenvalue weighted by Gasteiger charge is -2.36. The van der Waals surface area contributed by atoms with Crippen molar-refractivity contribution in [2.45, 2.75) is 70.4 Å². The third kappa shape index (κ3) is 4.99. The molecule has 8 nitrogen and oxygen atoms in total. The average Bonchev–Trinajstić information content (AvgIpc) is 2.80. The lowest BCUT2D eigenvalue weighted by atomic mass is 9.84. The van der Waals surface area contributed by atoms with E-state index < -0.39 is 0 Å². The van der Waals surface area contributed by atoms with E-state index in [1.54, 1.807) is 6.20 Å². The number of fused-ring (bicyclic) bond motifs is 1. The maximum atomic E-state index is 12.9. The van der Waals surface area contributed by atoms with E-state index in [4.69, 9.17) is 0 Å². The van der Waals surface area contributed by atoms with Crippen molar-refractivity contribution < 1.29 is 9.59 Å². The van der Waals surface area contributed by atoms with Gasteiger partial charge in [0.05, 0.1) is 11.1 Å². The molecule has 0 spiro atoms. The Hall–Kier alpha value is -3.03. The van der Waals surface area contributed by atoms with Crippen LogP contribution in [-0.2, 0) is 16.8 Å². The van der Waals surface area contributed by atoms with Crippen LogP contribution < -0.4 is 10.6 Å². The molecule has 0 bridgehead atoms. The van der Waals surface area contributed by atoms with Gasteiger partial charge in [0.2, 0.25) is 5.91 Å². The summed E-state index contributed by atoms with van der Waals surface area (Å²) < 4.78 is 0. The fourth-order valence-corrected chi connectivity index (χ4v) is 4.65. The van der Waals surface area contributed by atoms with Crippen molar-refractivity contribution in [1.29, 1.82) is 0 Å². The molecule has 3 heterocycles. The van der Waals surface area contributed by atoms with Crippen molar-refractivity contribution in [3.8, 4) is 0 Å². The highest BCUT2D eigenvalue weighted by atomic mass is 16.2. The molecular weight excluding hydrogens is 416 g/mol. The zero-order valence-electron chi connectivity index (χ0n) is 19.8. The lowest BCUT2D eigenvalue weighted by molar-refractivity contribution is -0.139. The second kappa shape index (κ2) is 9.85. The molecule has 176 valence electrons. The highest BCUT2D eigenvalue weighted by Gasteiger charge is 2.33. The SMILES string of the molecule is CCCC(CNC(=O)c1cnc2c(c1)CC[C@](C)(c1cncnc1)N2)N(C)C(=O)C1CCC1. The first-order valence-corrected chi connectivity index (χ1v) is 12.0. The second-order valence-corrected chi connectivity index (χ2v) is 9.55.